The van der Waals surface area contributed by atoms with Gasteiger partial charge in [-0.05, 0) is 44.2 Å². The molecular formula is C20H28N2O4. The van der Waals surface area contributed by atoms with E-state index in [1.807, 2.05) is 4.90 Å². The molecule has 2 amide bonds. The number of carbonyl (C=O) groups is 3. The maximum absolute atomic E-state index is 13.0. The molecule has 26 heavy (non-hydrogen) atoms. The molecule has 1 heterocycles. The molecule has 0 radical (unpaired) electrons. The highest BCUT2D eigenvalue weighted by Crippen LogP contribution is 2.26. The van der Waals surface area contributed by atoms with Crippen LogP contribution in [0, 0.1) is 17.3 Å². The molecule has 1 aromatic rings. The van der Waals surface area contributed by atoms with E-state index in [9.17, 15) is 19.5 Å². The zero-order chi connectivity index (χ0) is 19.5. The number of anilines is 1. The van der Waals surface area contributed by atoms with Gasteiger partial charge < -0.3 is 15.3 Å². The molecule has 6 heteroatoms. The molecule has 142 valence electrons. The number of nitrogens with zero attached hydrogens (tertiary/aromatic N) is 1. The molecule has 0 unspecified atom stereocenters. The number of benzene rings is 1. The van der Waals surface area contributed by atoms with E-state index in [1.54, 1.807) is 24.3 Å². The van der Waals surface area contributed by atoms with Gasteiger partial charge in [0, 0.05) is 19.5 Å². The molecule has 0 aromatic heterocycles. The van der Waals surface area contributed by atoms with Gasteiger partial charge in [-0.3, -0.25) is 14.4 Å². The molecule has 6 nitrogen and oxygen atoms in total. The number of hydrogen-bond donors (Lipinski definition) is 2. The second kappa shape index (κ2) is 7.89. The molecule has 0 aliphatic carbocycles. The summed E-state index contributed by atoms with van der Waals surface area (Å²) in [6.45, 7) is 8.69. The third-order valence-electron chi connectivity index (χ3n) is 4.77. The first-order valence-electron chi connectivity index (χ1n) is 9.01. The Hall–Kier alpha value is -2.37. The number of carboxylic acid groups (broad SMARTS) is 1. The highest BCUT2D eigenvalue weighted by atomic mass is 16.4. The van der Waals surface area contributed by atoms with Crippen molar-refractivity contribution in [3.05, 3.63) is 29.8 Å². The zero-order valence-electron chi connectivity index (χ0n) is 15.9. The van der Waals surface area contributed by atoms with Crippen molar-refractivity contribution in [3.8, 4) is 0 Å². The average molecular weight is 360 g/mol. The van der Waals surface area contributed by atoms with Gasteiger partial charge in [0.1, 0.15) is 0 Å². The number of hydrogen-bond acceptors (Lipinski definition) is 3. The SMILES string of the molecule is C[C@H]1C[C@H](C)CN(C(=O)c2ccccc2NC(=O)CC(C)(C)C(=O)O)C1. The van der Waals surface area contributed by atoms with Crippen molar-refractivity contribution in [1.82, 2.24) is 4.90 Å². The van der Waals surface area contributed by atoms with E-state index in [4.69, 9.17) is 0 Å². The van der Waals surface area contributed by atoms with Crippen LogP contribution in [0.25, 0.3) is 0 Å². The van der Waals surface area contributed by atoms with Crippen molar-refractivity contribution >= 4 is 23.5 Å². The minimum Gasteiger partial charge on any atom is -0.481 e. The van der Waals surface area contributed by atoms with Gasteiger partial charge in [-0.25, -0.2) is 0 Å². The number of rotatable bonds is 5. The molecule has 1 aromatic carbocycles. The van der Waals surface area contributed by atoms with Crippen LogP contribution in [-0.2, 0) is 9.59 Å². The first-order chi connectivity index (χ1) is 12.1. The van der Waals surface area contributed by atoms with Crippen LogP contribution in [-0.4, -0.2) is 40.9 Å². The van der Waals surface area contributed by atoms with E-state index in [0.717, 1.165) is 6.42 Å². The molecule has 1 saturated heterocycles. The van der Waals surface area contributed by atoms with Crippen LogP contribution in [0.3, 0.4) is 0 Å². The Kier molecular flexibility index (Phi) is 6.05. The van der Waals surface area contributed by atoms with Crippen LogP contribution in [0.5, 0.6) is 0 Å². The number of likely N-dealkylation sites (tertiary alicyclic amines) is 1. The van der Waals surface area contributed by atoms with E-state index < -0.39 is 17.3 Å². The summed E-state index contributed by atoms with van der Waals surface area (Å²) in [6, 6.07) is 6.89. The van der Waals surface area contributed by atoms with Crippen LogP contribution in [0.15, 0.2) is 24.3 Å². The van der Waals surface area contributed by atoms with Gasteiger partial charge >= 0.3 is 5.97 Å². The first kappa shape index (κ1) is 19.9. The van der Waals surface area contributed by atoms with Crippen molar-refractivity contribution in [2.75, 3.05) is 18.4 Å². The van der Waals surface area contributed by atoms with Crippen molar-refractivity contribution in [2.45, 2.75) is 40.5 Å². The third kappa shape index (κ3) is 4.84. The fourth-order valence-corrected chi connectivity index (χ4v) is 3.45. The van der Waals surface area contributed by atoms with Gasteiger partial charge in [0.25, 0.3) is 5.91 Å². The lowest BCUT2D eigenvalue weighted by atomic mass is 9.89. The fraction of sp³-hybridized carbons (Fsp3) is 0.550. The summed E-state index contributed by atoms with van der Waals surface area (Å²) in [4.78, 5) is 38.3. The Morgan fingerprint density at radius 2 is 1.73 bits per heavy atom. The molecule has 2 N–H and O–H groups in total. The topological polar surface area (TPSA) is 86.7 Å². The number of para-hydroxylation sites is 1. The summed E-state index contributed by atoms with van der Waals surface area (Å²) >= 11 is 0. The molecule has 0 saturated carbocycles. The Morgan fingerprint density at radius 1 is 1.15 bits per heavy atom. The number of amides is 2. The van der Waals surface area contributed by atoms with Crippen LogP contribution in [0.2, 0.25) is 0 Å². The van der Waals surface area contributed by atoms with E-state index >= 15 is 0 Å². The van der Waals surface area contributed by atoms with Crippen molar-refractivity contribution in [2.24, 2.45) is 17.3 Å². The van der Waals surface area contributed by atoms with Gasteiger partial charge in [0.05, 0.1) is 16.7 Å². The molecule has 2 atom stereocenters. The summed E-state index contributed by atoms with van der Waals surface area (Å²) in [5.74, 6) is -0.662. The highest BCUT2D eigenvalue weighted by molar-refractivity contribution is 6.04. The molecule has 1 aliphatic heterocycles. The first-order valence-corrected chi connectivity index (χ1v) is 9.01. The minimum atomic E-state index is -1.17. The number of carboxylic acids is 1. The molecular weight excluding hydrogens is 332 g/mol. The van der Waals surface area contributed by atoms with Crippen LogP contribution in [0.4, 0.5) is 5.69 Å². The maximum atomic E-state index is 13.0. The van der Waals surface area contributed by atoms with Crippen molar-refractivity contribution in [3.63, 3.8) is 0 Å². The van der Waals surface area contributed by atoms with Crippen molar-refractivity contribution < 1.29 is 19.5 Å². The van der Waals surface area contributed by atoms with E-state index in [0.29, 0.717) is 36.2 Å². The largest absolute Gasteiger partial charge is 0.481 e. The maximum Gasteiger partial charge on any atom is 0.309 e. The summed E-state index contributed by atoms with van der Waals surface area (Å²) in [5.41, 5.74) is -0.300. The number of carbonyl (C=O) groups excluding carboxylic acids is 2. The standard InChI is InChI=1S/C20H28N2O4/c1-13-9-14(2)12-22(11-13)18(24)15-7-5-6-8-16(15)21-17(23)10-20(3,4)19(25)26/h5-8,13-14H,9-12H2,1-4H3,(H,21,23)(H,25,26)/t13-,14-/m0/s1. The summed E-state index contributed by atoms with van der Waals surface area (Å²) in [7, 11) is 0. The normalized spacial score (nSPS) is 20.5. The Balaban J connectivity index is 2.16. The van der Waals surface area contributed by atoms with Gasteiger partial charge in [0.2, 0.25) is 5.91 Å². The Bertz CT molecular complexity index is 689. The zero-order valence-corrected chi connectivity index (χ0v) is 15.9. The van der Waals surface area contributed by atoms with Crippen molar-refractivity contribution in [1.29, 1.82) is 0 Å². The van der Waals surface area contributed by atoms with Gasteiger partial charge in [-0.15, -0.1) is 0 Å². The van der Waals surface area contributed by atoms with Crippen LogP contribution < -0.4 is 5.32 Å². The van der Waals surface area contributed by atoms with Gasteiger partial charge in [0.15, 0.2) is 0 Å². The predicted molar refractivity (Wildman–Crippen MR) is 100.0 cm³/mol. The van der Waals surface area contributed by atoms with Crippen LogP contribution >= 0.6 is 0 Å². The molecule has 1 aliphatic rings. The van der Waals surface area contributed by atoms with Gasteiger partial charge in [-0.2, -0.15) is 0 Å². The molecule has 1 fully saturated rings. The summed E-state index contributed by atoms with van der Waals surface area (Å²) in [6.07, 6.45) is 0.940. The number of nitrogens with one attached hydrogen (secondary N) is 1. The fourth-order valence-electron chi connectivity index (χ4n) is 3.45. The van der Waals surface area contributed by atoms with E-state index in [2.05, 4.69) is 19.2 Å². The lowest BCUT2D eigenvalue weighted by Crippen LogP contribution is -2.42. The van der Waals surface area contributed by atoms with Gasteiger partial charge in [-0.1, -0.05) is 26.0 Å². The Labute approximate surface area is 154 Å². The third-order valence-corrected chi connectivity index (χ3v) is 4.77. The molecule has 2 rings (SSSR count). The second-order valence-corrected chi connectivity index (χ2v) is 8.12. The number of piperidine rings is 1. The average Bonchev–Trinajstić information content (AvgIpc) is 2.53. The second-order valence-electron chi connectivity index (χ2n) is 8.12. The monoisotopic (exact) mass is 360 g/mol. The molecule has 0 spiro atoms. The lowest BCUT2D eigenvalue weighted by molar-refractivity contribution is -0.148. The molecule has 0 bridgehead atoms. The quantitative estimate of drug-likeness (QED) is 0.844. The summed E-state index contributed by atoms with van der Waals surface area (Å²) in [5, 5.41) is 11.9. The van der Waals surface area contributed by atoms with Crippen LogP contribution in [0.1, 0.15) is 50.9 Å². The highest BCUT2D eigenvalue weighted by Gasteiger charge is 2.31. The minimum absolute atomic E-state index is 0.100. The number of aliphatic carboxylic acids is 1. The Morgan fingerprint density at radius 3 is 2.31 bits per heavy atom. The summed E-state index contributed by atoms with van der Waals surface area (Å²) < 4.78 is 0. The smallest absolute Gasteiger partial charge is 0.309 e. The van der Waals surface area contributed by atoms with E-state index in [1.165, 1.54) is 13.8 Å². The lowest BCUT2D eigenvalue weighted by Gasteiger charge is -2.35. The predicted octanol–water partition coefficient (Wildman–Crippen LogP) is 3.24. The van der Waals surface area contributed by atoms with E-state index in [-0.39, 0.29) is 12.3 Å².